The number of aryl methyl sites for hydroxylation is 3. The average molecular weight is 367 g/mol. The van der Waals surface area contributed by atoms with Crippen molar-refractivity contribution < 1.29 is 14.0 Å². The van der Waals surface area contributed by atoms with Crippen molar-refractivity contribution in [3.05, 3.63) is 46.7 Å². The Balaban J connectivity index is 2.32. The maximum Gasteiger partial charge on any atom is 0.249 e. The number of ketones is 1. The molecule has 6 heteroatoms. The number of para-hydroxylation sites is 1. The molecule has 0 aliphatic heterocycles. The Kier molecular flexibility index (Phi) is 6.51. The van der Waals surface area contributed by atoms with Crippen molar-refractivity contribution in [1.82, 2.24) is 4.98 Å². The van der Waals surface area contributed by atoms with Crippen molar-refractivity contribution in [2.75, 3.05) is 5.32 Å². The van der Waals surface area contributed by atoms with E-state index < -0.39 is 17.6 Å². The number of hydrogen-bond acceptors (Lipinski definition) is 5. The van der Waals surface area contributed by atoms with Gasteiger partial charge in [0.2, 0.25) is 11.7 Å². The molecule has 1 N–H and O–H groups in total. The predicted molar refractivity (Wildman–Crippen MR) is 103 cm³/mol. The van der Waals surface area contributed by atoms with E-state index in [-0.39, 0.29) is 11.6 Å². The first kappa shape index (κ1) is 20.4. The quantitative estimate of drug-likeness (QED) is 0.584. The Bertz CT molecular complexity index is 868. The van der Waals surface area contributed by atoms with Crippen LogP contribution in [-0.2, 0) is 17.6 Å². The third-order valence-corrected chi connectivity index (χ3v) is 4.44. The minimum absolute atomic E-state index is 0.00292. The van der Waals surface area contributed by atoms with Crippen molar-refractivity contribution in [3.8, 4) is 6.07 Å². The van der Waals surface area contributed by atoms with Gasteiger partial charge in [0.15, 0.2) is 11.8 Å². The minimum atomic E-state index is -1.48. The first-order valence-corrected chi connectivity index (χ1v) is 9.16. The summed E-state index contributed by atoms with van der Waals surface area (Å²) in [5, 5.41) is 12.3. The smallest absolute Gasteiger partial charge is 0.249 e. The Hall–Kier alpha value is -2.94. The average Bonchev–Trinajstić information content (AvgIpc) is 3.04. The van der Waals surface area contributed by atoms with Crippen LogP contribution < -0.4 is 5.32 Å². The number of oxazole rings is 1. The van der Waals surface area contributed by atoms with Crippen LogP contribution in [0.15, 0.2) is 22.6 Å². The van der Waals surface area contributed by atoms with Crippen LogP contribution in [0, 0.1) is 24.2 Å². The molecule has 0 fully saturated rings. The number of nitrogens with one attached hydrogen (secondary N) is 1. The van der Waals surface area contributed by atoms with Crippen LogP contribution in [0.1, 0.15) is 66.9 Å². The fourth-order valence-electron chi connectivity index (χ4n) is 2.86. The number of anilines is 1. The second-order valence-corrected chi connectivity index (χ2v) is 6.69. The van der Waals surface area contributed by atoms with E-state index in [1.165, 1.54) is 0 Å². The van der Waals surface area contributed by atoms with Gasteiger partial charge >= 0.3 is 0 Å². The largest absolute Gasteiger partial charge is 0.445 e. The second kappa shape index (κ2) is 8.63. The van der Waals surface area contributed by atoms with Gasteiger partial charge in [-0.3, -0.25) is 9.59 Å². The van der Waals surface area contributed by atoms with Crippen molar-refractivity contribution in [2.45, 2.75) is 53.4 Å². The molecule has 142 valence electrons. The van der Waals surface area contributed by atoms with Crippen LogP contribution in [0.5, 0.6) is 0 Å². The lowest BCUT2D eigenvalue weighted by molar-refractivity contribution is -0.117. The van der Waals surface area contributed by atoms with Crippen molar-refractivity contribution >= 4 is 17.4 Å². The van der Waals surface area contributed by atoms with Crippen LogP contribution in [-0.4, -0.2) is 16.7 Å². The van der Waals surface area contributed by atoms with E-state index in [1.54, 1.807) is 6.92 Å². The molecule has 27 heavy (non-hydrogen) atoms. The summed E-state index contributed by atoms with van der Waals surface area (Å²) in [6.07, 6.45) is 1.46. The lowest BCUT2D eigenvalue weighted by Gasteiger charge is -2.15. The molecule has 1 aromatic carbocycles. The Morgan fingerprint density at radius 2 is 1.81 bits per heavy atom. The Morgan fingerprint density at radius 1 is 1.22 bits per heavy atom. The number of amides is 1. The monoisotopic (exact) mass is 367 g/mol. The molecule has 0 saturated carbocycles. The van der Waals surface area contributed by atoms with E-state index in [0.717, 1.165) is 24.0 Å². The fourth-order valence-corrected chi connectivity index (χ4v) is 2.86. The zero-order valence-electron chi connectivity index (χ0n) is 16.4. The predicted octanol–water partition coefficient (Wildman–Crippen LogP) is 4.19. The molecule has 2 rings (SSSR count). The van der Waals surface area contributed by atoms with Gasteiger partial charge in [-0.15, -0.1) is 0 Å². The molecule has 1 atom stereocenters. The molecular formula is C21H25N3O3. The first-order chi connectivity index (χ1) is 12.8. The lowest BCUT2D eigenvalue weighted by Crippen LogP contribution is -2.30. The molecule has 0 saturated heterocycles. The number of benzene rings is 1. The first-order valence-electron chi connectivity index (χ1n) is 9.16. The highest BCUT2D eigenvalue weighted by Crippen LogP contribution is 2.25. The van der Waals surface area contributed by atoms with E-state index in [0.29, 0.717) is 17.3 Å². The topological polar surface area (TPSA) is 96.0 Å². The highest BCUT2D eigenvalue weighted by Gasteiger charge is 2.32. The third-order valence-electron chi connectivity index (χ3n) is 4.44. The molecule has 0 radical (unpaired) electrons. The van der Waals surface area contributed by atoms with Gasteiger partial charge in [0.05, 0.1) is 6.07 Å². The summed E-state index contributed by atoms with van der Waals surface area (Å²) < 4.78 is 5.49. The zero-order valence-corrected chi connectivity index (χ0v) is 16.4. The van der Waals surface area contributed by atoms with Crippen LogP contribution in [0.4, 0.5) is 5.69 Å². The van der Waals surface area contributed by atoms with Gasteiger partial charge in [-0.2, -0.15) is 5.26 Å². The van der Waals surface area contributed by atoms with E-state index in [1.807, 2.05) is 52.0 Å². The van der Waals surface area contributed by atoms with Gasteiger partial charge in [0, 0.05) is 11.6 Å². The van der Waals surface area contributed by atoms with Crippen molar-refractivity contribution in [3.63, 3.8) is 0 Å². The summed E-state index contributed by atoms with van der Waals surface area (Å²) in [6.45, 7) is 9.37. The van der Waals surface area contributed by atoms with Crippen LogP contribution in [0.3, 0.4) is 0 Å². The molecule has 1 amide bonds. The number of carbonyl (C=O) groups excluding carboxylic acids is 2. The van der Waals surface area contributed by atoms with Gasteiger partial charge in [-0.1, -0.05) is 45.9 Å². The summed E-state index contributed by atoms with van der Waals surface area (Å²) in [4.78, 5) is 29.7. The van der Waals surface area contributed by atoms with Gasteiger partial charge in [-0.05, 0) is 30.9 Å². The fraction of sp³-hybridized carbons (Fsp3) is 0.429. The maximum absolute atomic E-state index is 12.8. The molecule has 1 aromatic heterocycles. The van der Waals surface area contributed by atoms with Gasteiger partial charge in [0.25, 0.3) is 0 Å². The molecule has 1 unspecified atom stereocenters. The van der Waals surface area contributed by atoms with E-state index in [4.69, 9.17) is 4.42 Å². The Labute approximate surface area is 159 Å². The van der Waals surface area contributed by atoms with Crippen LogP contribution in [0.2, 0.25) is 0 Å². The second-order valence-electron chi connectivity index (χ2n) is 6.69. The molecule has 0 bridgehead atoms. The molecule has 0 aliphatic carbocycles. The highest BCUT2D eigenvalue weighted by molar-refractivity contribution is 6.15. The third kappa shape index (κ3) is 4.25. The zero-order chi connectivity index (χ0) is 20.1. The van der Waals surface area contributed by atoms with Crippen molar-refractivity contribution in [2.24, 2.45) is 5.92 Å². The molecule has 1 heterocycles. The number of aromatic nitrogens is 1. The summed E-state index contributed by atoms with van der Waals surface area (Å²) in [5.74, 6) is -2.04. The SMILES string of the molecule is CCc1cccc(CC)c1NC(=O)C(C#N)C(=O)c1nc(C(C)C)oc1C. The maximum atomic E-state index is 12.8. The number of nitrogens with zero attached hydrogens (tertiary/aromatic N) is 2. The molecule has 0 aliphatic rings. The summed E-state index contributed by atoms with van der Waals surface area (Å²) in [5.41, 5.74) is 2.65. The summed E-state index contributed by atoms with van der Waals surface area (Å²) in [7, 11) is 0. The standard InChI is InChI=1S/C21H25N3O3/c1-6-14-9-8-10-15(7-2)18(14)23-20(26)16(11-22)19(25)17-13(5)27-21(24-17)12(3)4/h8-10,12,16H,6-7H2,1-5H3,(H,23,26). The number of nitriles is 1. The van der Waals surface area contributed by atoms with E-state index in [2.05, 4.69) is 10.3 Å². The molecular weight excluding hydrogens is 342 g/mol. The normalized spacial score (nSPS) is 11.9. The van der Waals surface area contributed by atoms with Gasteiger partial charge in [-0.25, -0.2) is 4.98 Å². The van der Waals surface area contributed by atoms with E-state index in [9.17, 15) is 14.9 Å². The number of rotatable bonds is 7. The minimum Gasteiger partial charge on any atom is -0.445 e. The highest BCUT2D eigenvalue weighted by atomic mass is 16.4. The number of Topliss-reactive ketones (excluding diaryl/α,β-unsaturated/α-hetero) is 1. The van der Waals surface area contributed by atoms with Crippen molar-refractivity contribution in [1.29, 1.82) is 5.26 Å². The number of hydrogen-bond donors (Lipinski definition) is 1. The summed E-state index contributed by atoms with van der Waals surface area (Å²) in [6, 6.07) is 7.61. The lowest BCUT2D eigenvalue weighted by atomic mass is 9.99. The molecule has 2 aromatic rings. The number of carbonyl (C=O) groups is 2. The van der Waals surface area contributed by atoms with Crippen LogP contribution >= 0.6 is 0 Å². The van der Waals surface area contributed by atoms with E-state index >= 15 is 0 Å². The van der Waals surface area contributed by atoms with Gasteiger partial charge in [0.1, 0.15) is 11.5 Å². The summed E-state index contributed by atoms with van der Waals surface area (Å²) >= 11 is 0. The van der Waals surface area contributed by atoms with Gasteiger partial charge < -0.3 is 9.73 Å². The molecule has 6 nitrogen and oxygen atoms in total. The Morgan fingerprint density at radius 3 is 2.26 bits per heavy atom. The van der Waals surface area contributed by atoms with Crippen LogP contribution in [0.25, 0.3) is 0 Å². The molecule has 0 spiro atoms.